The van der Waals surface area contributed by atoms with Crippen LogP contribution in [0.2, 0.25) is 0 Å². The molecular weight excluding hydrogens is 154 g/mol. The number of carbonyl (C=O) groups is 1. The van der Waals surface area contributed by atoms with Crippen LogP contribution in [0, 0.1) is 0 Å². The molecule has 1 heterocycles. The van der Waals surface area contributed by atoms with Crippen LogP contribution in [0.5, 0.6) is 0 Å². The second-order valence-electron chi connectivity index (χ2n) is 2.98. The van der Waals surface area contributed by atoms with E-state index in [2.05, 4.69) is 4.90 Å². The van der Waals surface area contributed by atoms with E-state index in [1.54, 1.807) is 6.92 Å². The molecule has 68 valence electrons. The summed E-state index contributed by atoms with van der Waals surface area (Å²) in [5.74, 6) is -0.191. The molecule has 0 saturated carbocycles. The first-order valence-electron chi connectivity index (χ1n) is 4.33. The second kappa shape index (κ2) is 4.14. The zero-order chi connectivity index (χ0) is 8.97. The van der Waals surface area contributed by atoms with E-state index in [4.69, 9.17) is 4.74 Å². The van der Waals surface area contributed by atoms with Gasteiger partial charge in [-0.2, -0.15) is 0 Å². The van der Waals surface area contributed by atoms with Gasteiger partial charge in [0.05, 0.1) is 6.61 Å². The van der Waals surface area contributed by atoms with E-state index >= 15 is 0 Å². The third-order valence-corrected chi connectivity index (χ3v) is 1.62. The van der Waals surface area contributed by atoms with Crippen LogP contribution in [0.25, 0.3) is 0 Å². The molecule has 12 heavy (non-hydrogen) atoms. The number of carbonyl (C=O) groups excluding carboxylic acids is 1. The maximum Gasteiger partial charge on any atom is 0.335 e. The lowest BCUT2D eigenvalue weighted by atomic mass is 10.3. The minimum absolute atomic E-state index is 0.191. The van der Waals surface area contributed by atoms with Crippen molar-refractivity contribution in [1.29, 1.82) is 0 Å². The molecule has 1 saturated heterocycles. The van der Waals surface area contributed by atoms with Crippen LogP contribution in [0.4, 0.5) is 0 Å². The summed E-state index contributed by atoms with van der Waals surface area (Å²) in [4.78, 5) is 13.2. The minimum Gasteiger partial charge on any atom is -0.462 e. The van der Waals surface area contributed by atoms with Crippen LogP contribution >= 0.6 is 0 Å². The van der Waals surface area contributed by atoms with Gasteiger partial charge in [0.1, 0.15) is 0 Å². The largest absolute Gasteiger partial charge is 0.462 e. The number of ether oxygens (including phenoxy) is 1. The lowest BCUT2D eigenvalue weighted by Gasteiger charge is -2.02. The van der Waals surface area contributed by atoms with E-state index in [1.807, 2.05) is 13.1 Å². The zero-order valence-electron chi connectivity index (χ0n) is 7.67. The fourth-order valence-electron chi connectivity index (χ4n) is 0.822. The Morgan fingerprint density at radius 2 is 2.25 bits per heavy atom. The van der Waals surface area contributed by atoms with Crippen molar-refractivity contribution in [1.82, 2.24) is 4.90 Å². The molecule has 0 unspecified atom stereocenters. The smallest absolute Gasteiger partial charge is 0.335 e. The van der Waals surface area contributed by atoms with Crippen LogP contribution in [-0.2, 0) is 9.53 Å². The molecule has 0 bridgehead atoms. The van der Waals surface area contributed by atoms with Gasteiger partial charge in [0.2, 0.25) is 0 Å². The number of nitrogens with zero attached hydrogens (tertiary/aromatic N) is 1. The van der Waals surface area contributed by atoms with Crippen molar-refractivity contribution in [3.8, 4) is 0 Å². The number of rotatable bonds is 4. The van der Waals surface area contributed by atoms with Gasteiger partial charge in [0.25, 0.3) is 0 Å². The van der Waals surface area contributed by atoms with Crippen LogP contribution in [0.3, 0.4) is 0 Å². The average molecular weight is 169 g/mol. The lowest BCUT2D eigenvalue weighted by Crippen LogP contribution is -2.07. The van der Waals surface area contributed by atoms with E-state index in [0.29, 0.717) is 12.2 Å². The molecule has 0 N–H and O–H groups in total. The molecule has 1 aliphatic rings. The number of hydrogen-bond donors (Lipinski definition) is 0. The summed E-state index contributed by atoms with van der Waals surface area (Å²) >= 11 is 0. The molecule has 1 fully saturated rings. The quantitative estimate of drug-likeness (QED) is 0.359. The molecule has 0 atom stereocenters. The monoisotopic (exact) mass is 169 g/mol. The van der Waals surface area contributed by atoms with Crippen LogP contribution in [-0.4, -0.2) is 30.6 Å². The molecule has 1 rings (SSSR count). The van der Waals surface area contributed by atoms with Crippen LogP contribution in [0.15, 0.2) is 11.8 Å². The highest BCUT2D eigenvalue weighted by Gasteiger charge is 2.15. The highest BCUT2D eigenvalue weighted by atomic mass is 16.5. The van der Waals surface area contributed by atoms with E-state index < -0.39 is 0 Å². The molecule has 0 aliphatic carbocycles. The van der Waals surface area contributed by atoms with E-state index in [0.717, 1.165) is 19.5 Å². The summed E-state index contributed by atoms with van der Waals surface area (Å²) in [6.07, 6.45) is 2.74. The lowest BCUT2D eigenvalue weighted by molar-refractivity contribution is -0.139. The molecule has 3 nitrogen and oxygen atoms in total. The molecule has 3 heteroatoms. The summed E-state index contributed by atoms with van der Waals surface area (Å²) in [6.45, 7) is 6.42. The number of esters is 1. The van der Waals surface area contributed by atoms with Gasteiger partial charge in [-0.1, -0.05) is 6.92 Å². The van der Waals surface area contributed by atoms with E-state index in [9.17, 15) is 4.79 Å². The molecule has 0 aromatic heterocycles. The van der Waals surface area contributed by atoms with Crippen LogP contribution < -0.4 is 0 Å². The number of hydrogen-bond acceptors (Lipinski definition) is 3. The Labute approximate surface area is 73.0 Å². The van der Waals surface area contributed by atoms with Crippen molar-refractivity contribution in [2.45, 2.75) is 20.3 Å². The Morgan fingerprint density at radius 1 is 1.58 bits per heavy atom. The van der Waals surface area contributed by atoms with Gasteiger partial charge in [-0.05, 0) is 13.3 Å². The predicted molar refractivity (Wildman–Crippen MR) is 46.6 cm³/mol. The molecule has 0 aromatic carbocycles. The summed E-state index contributed by atoms with van der Waals surface area (Å²) in [5.41, 5.74) is 0.695. The van der Waals surface area contributed by atoms with Gasteiger partial charge >= 0.3 is 5.97 Å². The molecular formula is C9H15NO2. The Kier molecular flexibility index (Phi) is 3.14. The van der Waals surface area contributed by atoms with Crippen LogP contribution in [0.1, 0.15) is 20.3 Å². The average Bonchev–Trinajstić information content (AvgIpc) is 2.83. The third-order valence-electron chi connectivity index (χ3n) is 1.62. The molecule has 0 spiro atoms. The van der Waals surface area contributed by atoms with Gasteiger partial charge < -0.3 is 9.64 Å². The Hall–Kier alpha value is -0.990. The maximum atomic E-state index is 11.1. The second-order valence-corrected chi connectivity index (χ2v) is 2.98. The van der Waals surface area contributed by atoms with Crippen molar-refractivity contribution in [3.63, 3.8) is 0 Å². The van der Waals surface area contributed by atoms with Crippen molar-refractivity contribution in [2.24, 2.45) is 0 Å². The topological polar surface area (TPSA) is 29.3 Å². The highest BCUT2D eigenvalue weighted by molar-refractivity contribution is 5.87. The Bertz CT molecular complexity index is 195. The van der Waals surface area contributed by atoms with Gasteiger partial charge in [0.15, 0.2) is 0 Å². The molecule has 1 aliphatic heterocycles. The van der Waals surface area contributed by atoms with E-state index in [1.165, 1.54) is 0 Å². The van der Waals surface area contributed by atoms with Gasteiger partial charge in [-0.25, -0.2) is 4.79 Å². The Morgan fingerprint density at radius 3 is 2.75 bits per heavy atom. The van der Waals surface area contributed by atoms with Gasteiger partial charge in [-0.3, -0.25) is 0 Å². The first-order chi connectivity index (χ1) is 5.74. The van der Waals surface area contributed by atoms with Gasteiger partial charge in [-0.15, -0.1) is 0 Å². The van der Waals surface area contributed by atoms with Crippen molar-refractivity contribution in [3.05, 3.63) is 11.8 Å². The fourth-order valence-corrected chi connectivity index (χ4v) is 0.822. The highest BCUT2D eigenvalue weighted by Crippen LogP contribution is 2.08. The minimum atomic E-state index is -0.191. The summed E-state index contributed by atoms with van der Waals surface area (Å²) in [5, 5.41) is 0. The summed E-state index contributed by atoms with van der Waals surface area (Å²) in [7, 11) is 0. The Balaban J connectivity index is 2.29. The fraction of sp³-hybridized carbons (Fsp3) is 0.667. The SMILES string of the molecule is CCCOC(=O)C(C)=CN1CC1. The van der Waals surface area contributed by atoms with Crippen molar-refractivity contribution in [2.75, 3.05) is 19.7 Å². The van der Waals surface area contributed by atoms with Gasteiger partial charge in [0, 0.05) is 24.9 Å². The van der Waals surface area contributed by atoms with Crippen molar-refractivity contribution >= 4 is 5.97 Å². The maximum absolute atomic E-state index is 11.1. The first-order valence-corrected chi connectivity index (χ1v) is 4.33. The first kappa shape index (κ1) is 9.10. The molecule has 0 amide bonds. The predicted octanol–water partition coefficient (Wildman–Crippen LogP) is 1.16. The summed E-state index contributed by atoms with van der Waals surface area (Å²) < 4.78 is 4.95. The molecule has 0 aromatic rings. The van der Waals surface area contributed by atoms with Crippen molar-refractivity contribution < 1.29 is 9.53 Å². The normalized spacial score (nSPS) is 16.2. The third kappa shape index (κ3) is 2.95. The summed E-state index contributed by atoms with van der Waals surface area (Å²) in [6, 6.07) is 0. The molecule has 0 radical (unpaired) electrons. The van der Waals surface area contributed by atoms with E-state index in [-0.39, 0.29) is 5.97 Å². The zero-order valence-corrected chi connectivity index (χ0v) is 7.67. The standard InChI is InChI=1S/C9H15NO2/c1-3-6-12-9(11)8(2)7-10-4-5-10/h7H,3-6H2,1-2H3.